The Hall–Kier alpha value is -2.95. The zero-order chi connectivity index (χ0) is 18.1. The smallest absolute Gasteiger partial charge is 0.306 e. The molecule has 26 heavy (non-hydrogen) atoms. The number of hydrogen-bond acceptors (Lipinski definition) is 3. The Morgan fingerprint density at radius 1 is 1.00 bits per heavy atom. The Kier molecular flexibility index (Phi) is 4.29. The van der Waals surface area contributed by atoms with E-state index in [1.165, 1.54) is 12.1 Å². The highest BCUT2D eigenvalue weighted by Crippen LogP contribution is 2.27. The van der Waals surface area contributed by atoms with Crippen molar-refractivity contribution in [2.45, 2.75) is 12.8 Å². The van der Waals surface area contributed by atoms with E-state index in [0.717, 1.165) is 27.8 Å². The van der Waals surface area contributed by atoms with Crippen LogP contribution in [-0.4, -0.2) is 29.1 Å². The number of aromatic nitrogens is 1. The average Bonchev–Trinajstić information content (AvgIpc) is 2.68. The van der Waals surface area contributed by atoms with E-state index in [4.69, 9.17) is 10.1 Å². The summed E-state index contributed by atoms with van der Waals surface area (Å²) in [6.45, 7) is 1.42. The van der Waals surface area contributed by atoms with Crippen molar-refractivity contribution in [2.75, 3.05) is 18.0 Å². The Morgan fingerprint density at radius 2 is 1.69 bits per heavy atom. The Labute approximate surface area is 150 Å². The number of hydrogen-bond donors (Lipinski definition) is 1. The van der Waals surface area contributed by atoms with Gasteiger partial charge in [-0.05, 0) is 60.4 Å². The van der Waals surface area contributed by atoms with Crippen LogP contribution in [0.4, 0.5) is 10.2 Å². The third-order valence-corrected chi connectivity index (χ3v) is 5.02. The Bertz CT molecular complexity index is 948. The monoisotopic (exact) mass is 350 g/mol. The summed E-state index contributed by atoms with van der Waals surface area (Å²) in [5.41, 5.74) is 2.89. The first-order valence-electron chi connectivity index (χ1n) is 8.75. The fourth-order valence-electron chi connectivity index (χ4n) is 3.47. The molecule has 0 bridgehead atoms. The molecule has 3 aromatic rings. The van der Waals surface area contributed by atoms with Crippen LogP contribution in [0.15, 0.2) is 54.6 Å². The highest BCUT2D eigenvalue weighted by atomic mass is 19.1. The zero-order valence-electron chi connectivity index (χ0n) is 14.2. The molecule has 2 heterocycles. The lowest BCUT2D eigenvalue weighted by molar-refractivity contribution is -0.142. The van der Waals surface area contributed by atoms with E-state index in [1.54, 1.807) is 12.1 Å². The molecule has 132 valence electrons. The number of fused-ring (bicyclic) bond motifs is 1. The maximum atomic E-state index is 13.1. The van der Waals surface area contributed by atoms with Gasteiger partial charge in [0.15, 0.2) is 0 Å². The van der Waals surface area contributed by atoms with Gasteiger partial charge in [0.1, 0.15) is 11.6 Å². The van der Waals surface area contributed by atoms with Crippen LogP contribution < -0.4 is 4.90 Å². The molecule has 1 saturated heterocycles. The minimum Gasteiger partial charge on any atom is -0.481 e. The number of halogens is 1. The molecular weight excluding hydrogens is 331 g/mol. The predicted molar refractivity (Wildman–Crippen MR) is 99.7 cm³/mol. The van der Waals surface area contributed by atoms with Gasteiger partial charge in [-0.15, -0.1) is 0 Å². The second-order valence-electron chi connectivity index (χ2n) is 6.68. The summed E-state index contributed by atoms with van der Waals surface area (Å²) in [5, 5.41) is 10.1. The van der Waals surface area contributed by atoms with Crippen LogP contribution in [0.2, 0.25) is 0 Å². The van der Waals surface area contributed by atoms with E-state index in [-0.39, 0.29) is 11.7 Å². The van der Waals surface area contributed by atoms with E-state index in [2.05, 4.69) is 11.0 Å². The van der Waals surface area contributed by atoms with Crippen molar-refractivity contribution >= 4 is 22.7 Å². The Balaban J connectivity index is 1.58. The number of pyridine rings is 1. The number of anilines is 1. The Morgan fingerprint density at radius 3 is 2.38 bits per heavy atom. The third kappa shape index (κ3) is 3.25. The minimum absolute atomic E-state index is 0.243. The van der Waals surface area contributed by atoms with Gasteiger partial charge in [-0.25, -0.2) is 9.37 Å². The van der Waals surface area contributed by atoms with Gasteiger partial charge in [-0.1, -0.05) is 18.2 Å². The molecule has 5 heteroatoms. The summed E-state index contributed by atoms with van der Waals surface area (Å²) >= 11 is 0. The normalized spacial score (nSPS) is 15.3. The van der Waals surface area contributed by atoms with Gasteiger partial charge in [-0.2, -0.15) is 0 Å². The zero-order valence-corrected chi connectivity index (χ0v) is 14.2. The average molecular weight is 350 g/mol. The van der Waals surface area contributed by atoms with Crippen LogP contribution in [0.3, 0.4) is 0 Å². The number of carboxylic acid groups (broad SMARTS) is 1. The number of piperidine rings is 1. The largest absolute Gasteiger partial charge is 0.481 e. The maximum absolute atomic E-state index is 13.1. The van der Waals surface area contributed by atoms with Gasteiger partial charge < -0.3 is 10.0 Å². The van der Waals surface area contributed by atoms with Crippen LogP contribution in [0, 0.1) is 11.7 Å². The summed E-state index contributed by atoms with van der Waals surface area (Å²) in [7, 11) is 0. The van der Waals surface area contributed by atoms with Crippen molar-refractivity contribution in [3.63, 3.8) is 0 Å². The van der Waals surface area contributed by atoms with Gasteiger partial charge in [0, 0.05) is 18.5 Å². The molecule has 0 amide bonds. The van der Waals surface area contributed by atoms with Crippen molar-refractivity contribution in [2.24, 2.45) is 5.92 Å². The van der Waals surface area contributed by atoms with Crippen LogP contribution in [0.1, 0.15) is 12.8 Å². The highest BCUT2D eigenvalue weighted by Gasteiger charge is 2.25. The molecule has 0 atom stereocenters. The molecule has 2 aromatic carbocycles. The van der Waals surface area contributed by atoms with Gasteiger partial charge in [-0.3, -0.25) is 4.79 Å². The summed E-state index contributed by atoms with van der Waals surface area (Å²) in [6, 6.07) is 16.5. The first kappa shape index (κ1) is 16.5. The molecule has 0 saturated carbocycles. The topological polar surface area (TPSA) is 53.4 Å². The van der Waals surface area contributed by atoms with Gasteiger partial charge in [0.05, 0.1) is 11.4 Å². The molecule has 1 aliphatic rings. The molecule has 4 rings (SSSR count). The summed E-state index contributed by atoms with van der Waals surface area (Å²) in [5.74, 6) is -0.308. The fraction of sp³-hybridized carbons (Fsp3) is 0.238. The second-order valence-corrected chi connectivity index (χ2v) is 6.68. The molecule has 1 fully saturated rings. The molecule has 0 unspecified atom stereocenters. The van der Waals surface area contributed by atoms with Crippen molar-refractivity contribution in [3.8, 4) is 11.1 Å². The van der Waals surface area contributed by atoms with E-state index in [9.17, 15) is 9.18 Å². The predicted octanol–water partition coefficient (Wildman–Crippen LogP) is 4.34. The highest BCUT2D eigenvalue weighted by molar-refractivity contribution is 5.85. The second kappa shape index (κ2) is 6.75. The molecular formula is C21H19FN2O2. The number of carbonyl (C=O) groups is 1. The van der Waals surface area contributed by atoms with Crippen LogP contribution >= 0.6 is 0 Å². The van der Waals surface area contributed by atoms with Crippen LogP contribution in [-0.2, 0) is 4.79 Å². The summed E-state index contributed by atoms with van der Waals surface area (Å²) in [6.07, 6.45) is 1.30. The third-order valence-electron chi connectivity index (χ3n) is 5.02. The van der Waals surface area contributed by atoms with Crippen molar-refractivity contribution in [1.82, 2.24) is 4.98 Å². The SMILES string of the molecule is O=C(O)C1CCN(c2ccc3cc(-c4ccc(F)cc4)ccc3n2)CC1. The van der Waals surface area contributed by atoms with Crippen molar-refractivity contribution < 1.29 is 14.3 Å². The maximum Gasteiger partial charge on any atom is 0.306 e. The van der Waals surface area contributed by atoms with Gasteiger partial charge in [0.2, 0.25) is 0 Å². The van der Waals surface area contributed by atoms with Crippen molar-refractivity contribution in [3.05, 3.63) is 60.4 Å². The number of rotatable bonds is 3. The summed E-state index contributed by atoms with van der Waals surface area (Å²) in [4.78, 5) is 18.0. The van der Waals surface area contributed by atoms with Gasteiger partial charge >= 0.3 is 5.97 Å². The number of aliphatic carboxylic acids is 1. The lowest BCUT2D eigenvalue weighted by Gasteiger charge is -2.31. The number of benzene rings is 2. The standard InChI is InChI=1S/C21H19FN2O2/c22-18-5-1-14(2-6-18)16-3-7-19-17(13-16)4-8-20(23-19)24-11-9-15(10-12-24)21(25)26/h1-8,13,15H,9-12H2,(H,25,26). The molecule has 1 N–H and O–H groups in total. The lowest BCUT2D eigenvalue weighted by atomic mass is 9.97. The van der Waals surface area contributed by atoms with E-state index < -0.39 is 5.97 Å². The number of carboxylic acids is 1. The lowest BCUT2D eigenvalue weighted by Crippen LogP contribution is -2.36. The molecule has 1 aromatic heterocycles. The first-order chi connectivity index (χ1) is 12.6. The van der Waals surface area contributed by atoms with E-state index in [1.807, 2.05) is 24.3 Å². The number of nitrogens with zero attached hydrogens (tertiary/aromatic N) is 2. The van der Waals surface area contributed by atoms with Crippen molar-refractivity contribution in [1.29, 1.82) is 0 Å². The van der Waals surface area contributed by atoms with E-state index >= 15 is 0 Å². The minimum atomic E-state index is -0.704. The van der Waals surface area contributed by atoms with Crippen LogP contribution in [0.5, 0.6) is 0 Å². The molecule has 0 aliphatic carbocycles. The van der Waals surface area contributed by atoms with Crippen LogP contribution in [0.25, 0.3) is 22.0 Å². The first-order valence-corrected chi connectivity index (χ1v) is 8.75. The molecule has 1 aliphatic heterocycles. The molecule has 0 spiro atoms. The van der Waals surface area contributed by atoms with Gasteiger partial charge in [0.25, 0.3) is 0 Å². The quantitative estimate of drug-likeness (QED) is 0.763. The van der Waals surface area contributed by atoms with E-state index in [0.29, 0.717) is 25.9 Å². The molecule has 4 nitrogen and oxygen atoms in total. The molecule has 0 radical (unpaired) electrons. The summed E-state index contributed by atoms with van der Waals surface area (Å²) < 4.78 is 13.1. The fourth-order valence-corrected chi connectivity index (χ4v) is 3.47.